The van der Waals surface area contributed by atoms with Gasteiger partial charge in [-0.1, -0.05) is 13.3 Å². The Bertz CT molecular complexity index is 331. The van der Waals surface area contributed by atoms with Crippen LogP contribution < -0.4 is 11.1 Å². The van der Waals surface area contributed by atoms with Crippen molar-refractivity contribution in [3.05, 3.63) is 24.0 Å². The number of rotatable bonds is 8. The molecule has 0 saturated heterocycles. The lowest BCUT2D eigenvalue weighted by atomic mass is 10.2. The molecule has 3 N–H and O–H groups in total. The molecular formula is C13H21FN2O. The van der Waals surface area contributed by atoms with Crippen LogP contribution in [0.1, 0.15) is 26.2 Å². The van der Waals surface area contributed by atoms with E-state index in [9.17, 15) is 4.39 Å². The molecule has 0 spiro atoms. The first kappa shape index (κ1) is 13.8. The molecule has 0 aliphatic carbocycles. The van der Waals surface area contributed by atoms with E-state index in [1.54, 1.807) is 6.07 Å². The van der Waals surface area contributed by atoms with Crippen LogP contribution in [0.3, 0.4) is 0 Å². The molecule has 0 atom stereocenters. The van der Waals surface area contributed by atoms with Gasteiger partial charge in [0, 0.05) is 19.8 Å². The van der Waals surface area contributed by atoms with Crippen molar-refractivity contribution in [3.8, 4) is 0 Å². The lowest BCUT2D eigenvalue weighted by molar-refractivity contribution is 0.131. The Labute approximate surface area is 102 Å². The van der Waals surface area contributed by atoms with Crippen molar-refractivity contribution in [1.29, 1.82) is 0 Å². The Morgan fingerprint density at radius 1 is 1.29 bits per heavy atom. The summed E-state index contributed by atoms with van der Waals surface area (Å²) in [6, 6.07) is 4.37. The van der Waals surface area contributed by atoms with Gasteiger partial charge >= 0.3 is 0 Å². The molecular weight excluding hydrogens is 219 g/mol. The molecule has 0 saturated carbocycles. The second-order valence-electron chi connectivity index (χ2n) is 3.98. The molecule has 3 nitrogen and oxygen atoms in total. The highest BCUT2D eigenvalue weighted by atomic mass is 19.1. The van der Waals surface area contributed by atoms with E-state index in [0.717, 1.165) is 44.7 Å². The molecule has 0 heterocycles. The van der Waals surface area contributed by atoms with Gasteiger partial charge in [0.2, 0.25) is 0 Å². The van der Waals surface area contributed by atoms with Crippen LogP contribution in [0, 0.1) is 5.82 Å². The SMILES string of the molecule is CCCCOCCCNc1ccc(F)cc1N. The lowest BCUT2D eigenvalue weighted by Gasteiger charge is -2.09. The zero-order chi connectivity index (χ0) is 12.5. The molecule has 0 fully saturated rings. The predicted octanol–water partition coefficient (Wildman–Crippen LogP) is 3.03. The van der Waals surface area contributed by atoms with Gasteiger partial charge in [0.15, 0.2) is 0 Å². The summed E-state index contributed by atoms with van der Waals surface area (Å²) in [5, 5.41) is 3.16. The topological polar surface area (TPSA) is 47.3 Å². The number of hydrogen-bond acceptors (Lipinski definition) is 3. The maximum absolute atomic E-state index is 12.8. The average Bonchev–Trinajstić information content (AvgIpc) is 2.30. The van der Waals surface area contributed by atoms with Crippen molar-refractivity contribution in [1.82, 2.24) is 0 Å². The molecule has 0 aliphatic heterocycles. The van der Waals surface area contributed by atoms with Crippen LogP contribution in [-0.4, -0.2) is 19.8 Å². The summed E-state index contributed by atoms with van der Waals surface area (Å²) in [6.07, 6.45) is 3.18. The summed E-state index contributed by atoms with van der Waals surface area (Å²) in [6.45, 7) is 4.49. The van der Waals surface area contributed by atoms with Gasteiger partial charge in [-0.3, -0.25) is 0 Å². The summed E-state index contributed by atoms with van der Waals surface area (Å²) in [5.74, 6) is -0.309. The minimum Gasteiger partial charge on any atom is -0.397 e. The zero-order valence-electron chi connectivity index (χ0n) is 10.3. The Morgan fingerprint density at radius 3 is 2.76 bits per heavy atom. The quantitative estimate of drug-likeness (QED) is 0.542. The monoisotopic (exact) mass is 240 g/mol. The molecule has 0 aromatic heterocycles. The Morgan fingerprint density at radius 2 is 2.06 bits per heavy atom. The highest BCUT2D eigenvalue weighted by Crippen LogP contribution is 2.18. The van der Waals surface area contributed by atoms with Gasteiger partial charge in [-0.15, -0.1) is 0 Å². The number of halogens is 1. The zero-order valence-corrected chi connectivity index (χ0v) is 10.3. The largest absolute Gasteiger partial charge is 0.397 e. The van der Waals surface area contributed by atoms with Gasteiger partial charge in [-0.25, -0.2) is 4.39 Å². The third kappa shape index (κ3) is 5.54. The molecule has 0 amide bonds. The van der Waals surface area contributed by atoms with Gasteiger partial charge in [0.25, 0.3) is 0 Å². The van der Waals surface area contributed by atoms with Crippen LogP contribution in [0.5, 0.6) is 0 Å². The van der Waals surface area contributed by atoms with Gasteiger partial charge in [0.1, 0.15) is 5.82 Å². The van der Waals surface area contributed by atoms with E-state index >= 15 is 0 Å². The molecule has 96 valence electrons. The fourth-order valence-corrected chi connectivity index (χ4v) is 1.44. The standard InChI is InChI=1S/C13H21FN2O/c1-2-3-8-17-9-4-7-16-13-6-5-11(14)10-12(13)15/h5-6,10,16H,2-4,7-9,15H2,1H3. The molecule has 1 aromatic carbocycles. The van der Waals surface area contributed by atoms with E-state index < -0.39 is 0 Å². The number of nitrogens with one attached hydrogen (secondary N) is 1. The normalized spacial score (nSPS) is 10.5. The Balaban J connectivity index is 2.14. The predicted molar refractivity (Wildman–Crippen MR) is 69.6 cm³/mol. The molecule has 1 aromatic rings. The number of hydrogen-bond donors (Lipinski definition) is 2. The maximum atomic E-state index is 12.8. The summed E-state index contributed by atoms with van der Waals surface area (Å²) in [5.41, 5.74) is 6.89. The minimum atomic E-state index is -0.309. The van der Waals surface area contributed by atoms with E-state index in [4.69, 9.17) is 10.5 Å². The van der Waals surface area contributed by atoms with E-state index in [-0.39, 0.29) is 5.82 Å². The molecule has 0 radical (unpaired) electrons. The number of nitrogen functional groups attached to an aromatic ring is 1. The molecule has 0 aliphatic rings. The first-order valence-electron chi connectivity index (χ1n) is 6.10. The summed E-state index contributed by atoms with van der Waals surface area (Å²) < 4.78 is 18.2. The lowest BCUT2D eigenvalue weighted by Crippen LogP contribution is -2.08. The Kier molecular flexibility index (Phi) is 6.40. The van der Waals surface area contributed by atoms with Crippen molar-refractivity contribution in [2.75, 3.05) is 30.8 Å². The maximum Gasteiger partial charge on any atom is 0.125 e. The van der Waals surface area contributed by atoms with Crippen molar-refractivity contribution < 1.29 is 9.13 Å². The van der Waals surface area contributed by atoms with E-state index in [0.29, 0.717) is 5.69 Å². The summed E-state index contributed by atoms with van der Waals surface area (Å²) >= 11 is 0. The van der Waals surface area contributed by atoms with Crippen LogP contribution in [0.4, 0.5) is 15.8 Å². The highest BCUT2D eigenvalue weighted by molar-refractivity contribution is 5.65. The molecule has 0 unspecified atom stereocenters. The second-order valence-corrected chi connectivity index (χ2v) is 3.98. The van der Waals surface area contributed by atoms with Crippen molar-refractivity contribution >= 4 is 11.4 Å². The number of benzene rings is 1. The van der Waals surface area contributed by atoms with Crippen LogP contribution >= 0.6 is 0 Å². The first-order valence-corrected chi connectivity index (χ1v) is 6.10. The minimum absolute atomic E-state index is 0.309. The smallest absolute Gasteiger partial charge is 0.125 e. The highest BCUT2D eigenvalue weighted by Gasteiger charge is 1.99. The van der Waals surface area contributed by atoms with Crippen molar-refractivity contribution in [3.63, 3.8) is 0 Å². The van der Waals surface area contributed by atoms with Crippen LogP contribution in [0.2, 0.25) is 0 Å². The molecule has 1 rings (SSSR count). The first-order chi connectivity index (χ1) is 8.24. The number of ether oxygens (including phenoxy) is 1. The number of unbranched alkanes of at least 4 members (excludes halogenated alkanes) is 1. The van der Waals surface area contributed by atoms with Crippen LogP contribution in [0.15, 0.2) is 18.2 Å². The van der Waals surface area contributed by atoms with Gasteiger partial charge in [-0.05, 0) is 31.0 Å². The second kappa shape index (κ2) is 7.90. The van der Waals surface area contributed by atoms with E-state index in [2.05, 4.69) is 12.2 Å². The third-order valence-electron chi connectivity index (χ3n) is 2.44. The van der Waals surface area contributed by atoms with Crippen molar-refractivity contribution in [2.45, 2.75) is 26.2 Å². The van der Waals surface area contributed by atoms with Crippen molar-refractivity contribution in [2.24, 2.45) is 0 Å². The molecule has 0 bridgehead atoms. The van der Waals surface area contributed by atoms with Crippen LogP contribution in [-0.2, 0) is 4.74 Å². The molecule has 4 heteroatoms. The van der Waals surface area contributed by atoms with E-state index in [1.165, 1.54) is 12.1 Å². The third-order valence-corrected chi connectivity index (χ3v) is 2.44. The average molecular weight is 240 g/mol. The van der Waals surface area contributed by atoms with Gasteiger partial charge in [-0.2, -0.15) is 0 Å². The van der Waals surface area contributed by atoms with Crippen LogP contribution in [0.25, 0.3) is 0 Å². The number of anilines is 2. The fraction of sp³-hybridized carbons (Fsp3) is 0.538. The Hall–Kier alpha value is -1.29. The van der Waals surface area contributed by atoms with Gasteiger partial charge in [0.05, 0.1) is 11.4 Å². The number of nitrogens with two attached hydrogens (primary N) is 1. The summed E-state index contributed by atoms with van der Waals surface area (Å²) in [4.78, 5) is 0. The van der Waals surface area contributed by atoms with Gasteiger partial charge < -0.3 is 15.8 Å². The van der Waals surface area contributed by atoms with E-state index in [1.807, 2.05) is 0 Å². The molecule has 17 heavy (non-hydrogen) atoms. The fourth-order valence-electron chi connectivity index (χ4n) is 1.44. The summed E-state index contributed by atoms with van der Waals surface area (Å²) in [7, 11) is 0.